The molecule has 0 aliphatic rings. The van der Waals surface area contributed by atoms with Gasteiger partial charge in [-0.05, 0) is 49.1 Å². The van der Waals surface area contributed by atoms with Gasteiger partial charge in [0, 0.05) is 18.7 Å². The Morgan fingerprint density at radius 3 is 2.38 bits per heavy atom. The second kappa shape index (κ2) is 8.96. The van der Waals surface area contributed by atoms with Gasteiger partial charge in [0.1, 0.15) is 0 Å². The maximum atomic E-state index is 12.2. The molecule has 2 aromatic carbocycles. The minimum absolute atomic E-state index is 0.163. The van der Waals surface area contributed by atoms with Gasteiger partial charge in [-0.1, -0.05) is 43.7 Å². The normalized spacial score (nSPS) is 11.5. The molecular weight excluding hydrogens is 348 g/mol. The van der Waals surface area contributed by atoms with Gasteiger partial charge in [-0.3, -0.25) is 4.79 Å². The Bertz CT molecular complexity index is 844. The molecule has 140 valence electrons. The Hall–Kier alpha value is -2.18. The fourth-order valence-electron chi connectivity index (χ4n) is 2.46. The van der Waals surface area contributed by atoms with Gasteiger partial charge < -0.3 is 5.32 Å². The Kier molecular flexibility index (Phi) is 6.94. The van der Waals surface area contributed by atoms with E-state index in [1.54, 1.807) is 0 Å². The van der Waals surface area contributed by atoms with Crippen molar-refractivity contribution in [1.82, 2.24) is 10.0 Å². The van der Waals surface area contributed by atoms with Crippen LogP contribution in [0, 0.1) is 12.8 Å². The van der Waals surface area contributed by atoms with Crippen molar-refractivity contribution >= 4 is 15.9 Å². The number of amides is 1. The van der Waals surface area contributed by atoms with Crippen LogP contribution in [-0.2, 0) is 16.6 Å². The lowest BCUT2D eigenvalue weighted by Crippen LogP contribution is -2.26. The van der Waals surface area contributed by atoms with Crippen LogP contribution in [0.4, 0.5) is 0 Å². The van der Waals surface area contributed by atoms with Crippen LogP contribution in [-0.4, -0.2) is 20.9 Å². The standard InChI is InChI=1S/C20H26N2O3S/c1-15(2)11-12-22-26(24,25)19-9-7-18(8-10-19)20(23)21-14-17-6-4-5-16(3)13-17/h4-10,13,15,22H,11-12,14H2,1-3H3,(H,21,23). The number of hydrogen-bond donors (Lipinski definition) is 2. The first-order chi connectivity index (χ1) is 12.3. The summed E-state index contributed by atoms with van der Waals surface area (Å²) in [4.78, 5) is 12.4. The molecule has 2 N–H and O–H groups in total. The van der Waals surface area contributed by atoms with Crippen LogP contribution in [0.15, 0.2) is 53.4 Å². The third-order valence-electron chi connectivity index (χ3n) is 3.98. The van der Waals surface area contributed by atoms with Gasteiger partial charge in [-0.15, -0.1) is 0 Å². The molecule has 0 fully saturated rings. The van der Waals surface area contributed by atoms with E-state index in [9.17, 15) is 13.2 Å². The molecule has 0 spiro atoms. The molecule has 0 aromatic heterocycles. The number of nitrogens with one attached hydrogen (secondary N) is 2. The van der Waals surface area contributed by atoms with Gasteiger partial charge >= 0.3 is 0 Å². The summed E-state index contributed by atoms with van der Waals surface area (Å²) in [7, 11) is -3.54. The number of carbonyl (C=O) groups is 1. The fourth-order valence-corrected chi connectivity index (χ4v) is 3.50. The summed E-state index contributed by atoms with van der Waals surface area (Å²) in [5, 5.41) is 2.84. The number of rotatable bonds is 8. The second-order valence-corrected chi connectivity index (χ2v) is 8.54. The van der Waals surface area contributed by atoms with E-state index < -0.39 is 10.0 Å². The van der Waals surface area contributed by atoms with Gasteiger partial charge in [-0.2, -0.15) is 0 Å². The quantitative estimate of drug-likeness (QED) is 0.745. The number of benzene rings is 2. The smallest absolute Gasteiger partial charge is 0.251 e. The Labute approximate surface area is 155 Å². The van der Waals surface area contributed by atoms with Crippen molar-refractivity contribution in [2.24, 2.45) is 5.92 Å². The zero-order valence-electron chi connectivity index (χ0n) is 15.5. The minimum Gasteiger partial charge on any atom is -0.348 e. The first-order valence-corrected chi connectivity index (χ1v) is 10.2. The van der Waals surface area contributed by atoms with Gasteiger partial charge in [0.15, 0.2) is 0 Å². The molecule has 26 heavy (non-hydrogen) atoms. The van der Waals surface area contributed by atoms with E-state index in [0.717, 1.165) is 17.5 Å². The highest BCUT2D eigenvalue weighted by atomic mass is 32.2. The molecule has 0 radical (unpaired) electrons. The van der Waals surface area contributed by atoms with Gasteiger partial charge in [-0.25, -0.2) is 13.1 Å². The van der Waals surface area contributed by atoms with Crippen LogP contribution in [0.2, 0.25) is 0 Å². The maximum absolute atomic E-state index is 12.2. The van der Waals surface area contributed by atoms with E-state index in [4.69, 9.17) is 0 Å². The van der Waals surface area contributed by atoms with Crippen molar-refractivity contribution in [1.29, 1.82) is 0 Å². The highest BCUT2D eigenvalue weighted by molar-refractivity contribution is 7.89. The predicted octanol–water partition coefficient (Wildman–Crippen LogP) is 3.25. The molecule has 0 atom stereocenters. The van der Waals surface area contributed by atoms with Crippen LogP contribution in [0.3, 0.4) is 0 Å². The lowest BCUT2D eigenvalue weighted by molar-refractivity contribution is 0.0951. The summed E-state index contributed by atoms with van der Waals surface area (Å²) in [6.45, 7) is 6.91. The molecule has 6 heteroatoms. The van der Waals surface area contributed by atoms with E-state index in [2.05, 4.69) is 10.0 Å². The highest BCUT2D eigenvalue weighted by Crippen LogP contribution is 2.11. The summed E-state index contributed by atoms with van der Waals surface area (Å²) < 4.78 is 27.0. The molecule has 0 aliphatic carbocycles. The fraction of sp³-hybridized carbons (Fsp3) is 0.350. The first-order valence-electron chi connectivity index (χ1n) is 8.71. The van der Waals surface area contributed by atoms with Crippen molar-refractivity contribution in [3.05, 3.63) is 65.2 Å². The molecule has 2 aromatic rings. The second-order valence-electron chi connectivity index (χ2n) is 6.78. The Morgan fingerprint density at radius 1 is 1.08 bits per heavy atom. The number of hydrogen-bond acceptors (Lipinski definition) is 3. The summed E-state index contributed by atoms with van der Waals surface area (Å²) in [6.07, 6.45) is 0.776. The zero-order valence-corrected chi connectivity index (χ0v) is 16.3. The van der Waals surface area contributed by atoms with Crippen LogP contribution < -0.4 is 10.0 Å². The van der Waals surface area contributed by atoms with E-state index >= 15 is 0 Å². The molecule has 0 heterocycles. The monoisotopic (exact) mass is 374 g/mol. The Morgan fingerprint density at radius 2 is 1.77 bits per heavy atom. The largest absolute Gasteiger partial charge is 0.348 e. The van der Waals surface area contributed by atoms with E-state index in [0.29, 0.717) is 24.6 Å². The molecule has 0 unspecified atom stereocenters. The van der Waals surface area contributed by atoms with Crippen LogP contribution >= 0.6 is 0 Å². The van der Waals surface area contributed by atoms with Gasteiger partial charge in [0.05, 0.1) is 4.90 Å². The molecule has 0 aliphatic heterocycles. The van der Waals surface area contributed by atoms with Crippen molar-refractivity contribution < 1.29 is 13.2 Å². The van der Waals surface area contributed by atoms with Crippen molar-refractivity contribution in [3.8, 4) is 0 Å². The minimum atomic E-state index is -3.54. The van der Waals surface area contributed by atoms with Crippen LogP contribution in [0.5, 0.6) is 0 Å². The average molecular weight is 375 g/mol. The first kappa shape index (κ1) is 20.1. The summed E-state index contributed by atoms with van der Waals surface area (Å²) in [5.41, 5.74) is 2.59. The van der Waals surface area contributed by atoms with E-state index in [-0.39, 0.29) is 10.8 Å². The SMILES string of the molecule is Cc1cccc(CNC(=O)c2ccc(S(=O)(=O)NCCC(C)C)cc2)c1. The zero-order chi connectivity index (χ0) is 19.2. The van der Waals surface area contributed by atoms with Crippen LogP contribution in [0.25, 0.3) is 0 Å². The highest BCUT2D eigenvalue weighted by Gasteiger charge is 2.14. The molecule has 0 bridgehead atoms. The third-order valence-corrected chi connectivity index (χ3v) is 5.45. The third kappa shape index (κ3) is 5.97. The van der Waals surface area contributed by atoms with E-state index in [1.165, 1.54) is 24.3 Å². The van der Waals surface area contributed by atoms with Crippen molar-refractivity contribution in [3.63, 3.8) is 0 Å². The topological polar surface area (TPSA) is 75.3 Å². The summed E-state index contributed by atoms with van der Waals surface area (Å²) >= 11 is 0. The molecule has 1 amide bonds. The lowest BCUT2D eigenvalue weighted by Gasteiger charge is -2.09. The average Bonchev–Trinajstić information content (AvgIpc) is 2.59. The molecular formula is C20H26N2O3S. The van der Waals surface area contributed by atoms with Gasteiger partial charge in [0.2, 0.25) is 10.0 Å². The van der Waals surface area contributed by atoms with E-state index in [1.807, 2.05) is 45.0 Å². The van der Waals surface area contributed by atoms with Crippen LogP contribution in [0.1, 0.15) is 41.8 Å². The number of aryl methyl sites for hydroxylation is 1. The Balaban J connectivity index is 1.96. The number of sulfonamides is 1. The number of carbonyl (C=O) groups excluding carboxylic acids is 1. The summed E-state index contributed by atoms with van der Waals surface area (Å²) in [5.74, 6) is 0.195. The lowest BCUT2D eigenvalue weighted by atomic mass is 10.1. The van der Waals surface area contributed by atoms with Gasteiger partial charge in [0.25, 0.3) is 5.91 Å². The maximum Gasteiger partial charge on any atom is 0.251 e. The summed E-state index contributed by atoms with van der Waals surface area (Å²) in [6, 6.07) is 13.9. The van der Waals surface area contributed by atoms with Crippen molar-refractivity contribution in [2.45, 2.75) is 38.6 Å². The molecule has 0 saturated heterocycles. The molecule has 0 saturated carbocycles. The predicted molar refractivity (Wildman–Crippen MR) is 103 cm³/mol. The molecule has 2 rings (SSSR count). The van der Waals surface area contributed by atoms with Crippen molar-refractivity contribution in [2.75, 3.05) is 6.54 Å². The molecule has 5 nitrogen and oxygen atoms in total.